The highest BCUT2D eigenvalue weighted by atomic mass is 16.5. The van der Waals surface area contributed by atoms with E-state index in [-0.39, 0.29) is 0 Å². The summed E-state index contributed by atoms with van der Waals surface area (Å²) in [6.07, 6.45) is 1.24. The molecule has 0 aromatic heterocycles. The molecule has 3 atom stereocenters. The molecular formula is C9H17NO. The van der Waals surface area contributed by atoms with E-state index in [1.165, 1.54) is 6.42 Å². The number of hydrogen-bond acceptors (Lipinski definition) is 2. The van der Waals surface area contributed by atoms with Crippen LogP contribution in [-0.4, -0.2) is 35.7 Å². The smallest absolute Gasteiger partial charge is 0.0637 e. The first-order valence-corrected chi connectivity index (χ1v) is 4.47. The van der Waals surface area contributed by atoms with Crippen molar-refractivity contribution >= 4 is 0 Å². The predicted octanol–water partition coefficient (Wildman–Crippen LogP) is 1.26. The Morgan fingerprint density at radius 3 is 2.45 bits per heavy atom. The van der Waals surface area contributed by atoms with E-state index < -0.39 is 0 Å². The molecular weight excluding hydrogens is 138 g/mol. The maximum Gasteiger partial charge on any atom is 0.0637 e. The molecule has 3 unspecified atom stereocenters. The Labute approximate surface area is 68.5 Å². The second-order valence-electron chi connectivity index (χ2n) is 4.58. The third-order valence-electron chi connectivity index (χ3n) is 2.69. The van der Waals surface area contributed by atoms with E-state index >= 15 is 0 Å². The van der Waals surface area contributed by atoms with E-state index in [9.17, 15) is 0 Å². The van der Waals surface area contributed by atoms with Gasteiger partial charge in [0.15, 0.2) is 0 Å². The average molecular weight is 155 g/mol. The van der Waals surface area contributed by atoms with Crippen molar-refractivity contribution in [2.45, 2.75) is 44.8 Å². The van der Waals surface area contributed by atoms with Gasteiger partial charge >= 0.3 is 0 Å². The van der Waals surface area contributed by atoms with E-state index in [0.717, 1.165) is 25.3 Å². The molecule has 2 heteroatoms. The molecule has 11 heavy (non-hydrogen) atoms. The van der Waals surface area contributed by atoms with Gasteiger partial charge in [-0.05, 0) is 27.2 Å². The van der Waals surface area contributed by atoms with E-state index in [4.69, 9.17) is 4.74 Å². The number of hydrogen-bond donors (Lipinski definition) is 0. The molecule has 0 aromatic carbocycles. The molecule has 2 rings (SSSR count). The largest absolute Gasteiger partial charge is 0.380 e. The van der Waals surface area contributed by atoms with E-state index in [1.807, 2.05) is 0 Å². The second kappa shape index (κ2) is 2.20. The highest BCUT2D eigenvalue weighted by Crippen LogP contribution is 2.40. The summed E-state index contributed by atoms with van der Waals surface area (Å²) in [5.41, 5.74) is 0.350. The third-order valence-corrected chi connectivity index (χ3v) is 2.69. The lowest BCUT2D eigenvalue weighted by Crippen LogP contribution is -2.28. The van der Waals surface area contributed by atoms with Gasteiger partial charge in [0.1, 0.15) is 0 Å². The fourth-order valence-corrected chi connectivity index (χ4v) is 2.26. The number of fused-ring (bicyclic) bond motifs is 1. The SMILES string of the molecule is CC(C)(C)N1C2CCOCC21. The van der Waals surface area contributed by atoms with Crippen molar-refractivity contribution < 1.29 is 4.74 Å². The maximum atomic E-state index is 5.41. The monoisotopic (exact) mass is 155 g/mol. The molecule has 0 aliphatic carbocycles. The predicted molar refractivity (Wildman–Crippen MR) is 44.6 cm³/mol. The lowest BCUT2D eigenvalue weighted by atomic mass is 10.1. The standard InChI is InChI=1S/C9H17NO/c1-9(2,3)10-7-4-5-11-6-8(7)10/h7-8H,4-6H2,1-3H3. The minimum Gasteiger partial charge on any atom is -0.380 e. The molecule has 0 bridgehead atoms. The van der Waals surface area contributed by atoms with Gasteiger partial charge in [-0.15, -0.1) is 0 Å². The molecule has 64 valence electrons. The lowest BCUT2D eigenvalue weighted by molar-refractivity contribution is 0.111. The summed E-state index contributed by atoms with van der Waals surface area (Å²) in [4.78, 5) is 2.57. The summed E-state index contributed by atoms with van der Waals surface area (Å²) in [5, 5.41) is 0. The van der Waals surface area contributed by atoms with Gasteiger partial charge in [0.2, 0.25) is 0 Å². The summed E-state index contributed by atoms with van der Waals surface area (Å²) in [5.74, 6) is 0. The van der Waals surface area contributed by atoms with Crippen molar-refractivity contribution in [3.8, 4) is 0 Å². The highest BCUT2D eigenvalue weighted by Gasteiger charge is 2.53. The fourth-order valence-electron chi connectivity index (χ4n) is 2.26. The zero-order chi connectivity index (χ0) is 8.06. The number of nitrogens with zero attached hydrogens (tertiary/aromatic N) is 1. The molecule has 2 aliphatic heterocycles. The van der Waals surface area contributed by atoms with Gasteiger partial charge < -0.3 is 4.74 Å². The van der Waals surface area contributed by atoms with Gasteiger partial charge in [-0.25, -0.2) is 0 Å². The van der Waals surface area contributed by atoms with Crippen molar-refractivity contribution in [2.24, 2.45) is 0 Å². The lowest BCUT2D eigenvalue weighted by Gasteiger charge is -2.21. The Kier molecular flexibility index (Phi) is 1.52. The summed E-state index contributed by atoms with van der Waals surface area (Å²) >= 11 is 0. The van der Waals surface area contributed by atoms with Crippen molar-refractivity contribution in [1.29, 1.82) is 0 Å². The average Bonchev–Trinajstić information content (AvgIpc) is 2.58. The van der Waals surface area contributed by atoms with Crippen LogP contribution >= 0.6 is 0 Å². The maximum absolute atomic E-state index is 5.41. The molecule has 2 aliphatic rings. The van der Waals surface area contributed by atoms with Crippen LogP contribution in [0.15, 0.2) is 0 Å². The van der Waals surface area contributed by atoms with Crippen LogP contribution in [-0.2, 0) is 4.74 Å². The Balaban J connectivity index is 2.00. The Morgan fingerprint density at radius 1 is 1.27 bits per heavy atom. The Morgan fingerprint density at radius 2 is 2.00 bits per heavy atom. The molecule has 0 saturated carbocycles. The van der Waals surface area contributed by atoms with Gasteiger partial charge in [-0.3, -0.25) is 4.90 Å². The minimum absolute atomic E-state index is 0.350. The molecule has 2 heterocycles. The normalized spacial score (nSPS) is 43.4. The zero-order valence-corrected chi connectivity index (χ0v) is 7.63. The molecule has 0 spiro atoms. The Hall–Kier alpha value is -0.0800. The van der Waals surface area contributed by atoms with Crippen LogP contribution in [0.25, 0.3) is 0 Å². The molecule has 0 N–H and O–H groups in total. The van der Waals surface area contributed by atoms with Crippen molar-refractivity contribution in [1.82, 2.24) is 4.90 Å². The van der Waals surface area contributed by atoms with Crippen LogP contribution in [0.2, 0.25) is 0 Å². The van der Waals surface area contributed by atoms with Crippen LogP contribution in [0.1, 0.15) is 27.2 Å². The summed E-state index contributed by atoms with van der Waals surface area (Å²) in [6.45, 7) is 8.78. The minimum atomic E-state index is 0.350. The molecule has 2 nitrogen and oxygen atoms in total. The van der Waals surface area contributed by atoms with Gasteiger partial charge in [-0.2, -0.15) is 0 Å². The van der Waals surface area contributed by atoms with E-state index in [1.54, 1.807) is 0 Å². The number of rotatable bonds is 0. The summed E-state index contributed by atoms with van der Waals surface area (Å²) in [6, 6.07) is 1.58. The van der Waals surface area contributed by atoms with Crippen LogP contribution in [0.4, 0.5) is 0 Å². The van der Waals surface area contributed by atoms with Gasteiger partial charge in [0.05, 0.1) is 6.61 Å². The first-order chi connectivity index (χ1) is 5.11. The molecule has 2 fully saturated rings. The molecule has 0 radical (unpaired) electrons. The van der Waals surface area contributed by atoms with Gasteiger partial charge in [-0.1, -0.05) is 0 Å². The van der Waals surface area contributed by atoms with Gasteiger partial charge in [0.25, 0.3) is 0 Å². The van der Waals surface area contributed by atoms with Crippen molar-refractivity contribution in [3.63, 3.8) is 0 Å². The van der Waals surface area contributed by atoms with Crippen LogP contribution < -0.4 is 0 Å². The molecule has 0 aromatic rings. The van der Waals surface area contributed by atoms with Crippen LogP contribution in [0.3, 0.4) is 0 Å². The van der Waals surface area contributed by atoms with Crippen LogP contribution in [0.5, 0.6) is 0 Å². The summed E-state index contributed by atoms with van der Waals surface area (Å²) < 4.78 is 5.41. The molecule has 2 saturated heterocycles. The van der Waals surface area contributed by atoms with Crippen molar-refractivity contribution in [3.05, 3.63) is 0 Å². The summed E-state index contributed by atoms with van der Waals surface area (Å²) in [7, 11) is 0. The van der Waals surface area contributed by atoms with Gasteiger partial charge in [0, 0.05) is 24.2 Å². The second-order valence-corrected chi connectivity index (χ2v) is 4.58. The van der Waals surface area contributed by atoms with E-state index in [0.29, 0.717) is 5.54 Å². The molecule has 0 amide bonds. The van der Waals surface area contributed by atoms with Crippen molar-refractivity contribution in [2.75, 3.05) is 13.2 Å². The Bertz CT molecular complexity index is 149. The zero-order valence-electron chi connectivity index (χ0n) is 7.63. The van der Waals surface area contributed by atoms with Crippen LogP contribution in [0, 0.1) is 0 Å². The first kappa shape index (κ1) is 7.56. The number of ether oxygens (including phenoxy) is 1. The van der Waals surface area contributed by atoms with E-state index in [2.05, 4.69) is 25.7 Å². The highest BCUT2D eigenvalue weighted by molar-refractivity contribution is 5.08. The quantitative estimate of drug-likeness (QED) is 0.488. The fraction of sp³-hybridized carbons (Fsp3) is 1.00. The third kappa shape index (κ3) is 1.18. The topological polar surface area (TPSA) is 12.2 Å². The first-order valence-electron chi connectivity index (χ1n) is 4.47.